The SMILES string of the molecule is O=S(=O)(Cl)CC12CC(c3cccc(Cl)c3)(C1)C2. The Bertz CT molecular complexity index is 560. The van der Waals surface area contributed by atoms with Crippen LogP contribution in [0, 0.1) is 5.41 Å². The molecule has 3 fully saturated rings. The van der Waals surface area contributed by atoms with Crippen LogP contribution in [0.25, 0.3) is 0 Å². The predicted molar refractivity (Wildman–Crippen MR) is 69.1 cm³/mol. The highest BCUT2D eigenvalue weighted by atomic mass is 35.7. The number of hydrogen-bond acceptors (Lipinski definition) is 2. The van der Waals surface area contributed by atoms with Gasteiger partial charge in [-0.15, -0.1) is 0 Å². The second-order valence-corrected chi connectivity index (χ2v) is 8.72. The Morgan fingerprint density at radius 2 is 1.88 bits per heavy atom. The van der Waals surface area contributed by atoms with Crippen LogP contribution in [0.15, 0.2) is 24.3 Å². The van der Waals surface area contributed by atoms with Crippen molar-refractivity contribution < 1.29 is 8.42 Å². The molecule has 5 heteroatoms. The number of benzene rings is 1. The van der Waals surface area contributed by atoms with Crippen molar-refractivity contribution in [1.82, 2.24) is 0 Å². The van der Waals surface area contributed by atoms with Crippen LogP contribution in [-0.2, 0) is 14.5 Å². The molecule has 2 bridgehead atoms. The third kappa shape index (κ3) is 1.88. The first-order valence-electron chi connectivity index (χ1n) is 5.51. The summed E-state index contributed by atoms with van der Waals surface area (Å²) in [5, 5.41) is 0.742. The lowest BCUT2D eigenvalue weighted by Gasteiger charge is -2.71. The van der Waals surface area contributed by atoms with Crippen molar-refractivity contribution in [3.8, 4) is 0 Å². The van der Waals surface area contributed by atoms with Gasteiger partial charge < -0.3 is 0 Å². The van der Waals surface area contributed by atoms with Crippen LogP contribution >= 0.6 is 22.3 Å². The van der Waals surface area contributed by atoms with Crippen molar-refractivity contribution in [2.24, 2.45) is 5.41 Å². The van der Waals surface area contributed by atoms with Gasteiger partial charge in [0.25, 0.3) is 0 Å². The van der Waals surface area contributed by atoms with Gasteiger partial charge in [0, 0.05) is 15.7 Å². The van der Waals surface area contributed by atoms with Gasteiger partial charge in [-0.1, -0.05) is 23.7 Å². The van der Waals surface area contributed by atoms with Gasteiger partial charge in [-0.05, 0) is 47.8 Å². The van der Waals surface area contributed by atoms with E-state index >= 15 is 0 Å². The smallest absolute Gasteiger partial charge is 0.212 e. The van der Waals surface area contributed by atoms with Gasteiger partial charge in [0.15, 0.2) is 0 Å². The van der Waals surface area contributed by atoms with Crippen LogP contribution in [0.5, 0.6) is 0 Å². The summed E-state index contributed by atoms with van der Waals surface area (Å²) < 4.78 is 22.2. The number of hydrogen-bond donors (Lipinski definition) is 0. The molecule has 1 aromatic rings. The molecule has 0 saturated heterocycles. The maximum absolute atomic E-state index is 11.1. The first-order valence-corrected chi connectivity index (χ1v) is 8.37. The Labute approximate surface area is 110 Å². The third-order valence-corrected chi connectivity index (χ3v) is 5.58. The summed E-state index contributed by atoms with van der Waals surface area (Å²) in [5.41, 5.74) is 1.36. The molecule has 92 valence electrons. The zero-order chi connectivity index (χ0) is 12.3. The second-order valence-electron chi connectivity index (χ2n) is 5.50. The summed E-state index contributed by atoms with van der Waals surface area (Å²) >= 11 is 5.97. The molecular weight excluding hydrogens is 279 g/mol. The topological polar surface area (TPSA) is 34.1 Å². The second kappa shape index (κ2) is 3.40. The molecule has 0 N–H and O–H groups in total. The van der Waals surface area contributed by atoms with E-state index in [-0.39, 0.29) is 16.6 Å². The predicted octanol–water partition coefficient (Wildman–Crippen LogP) is 3.33. The summed E-state index contributed by atoms with van der Waals surface area (Å²) in [4.78, 5) is 0. The maximum atomic E-state index is 11.1. The molecule has 0 amide bonds. The fourth-order valence-electron chi connectivity index (χ4n) is 3.64. The van der Waals surface area contributed by atoms with Gasteiger partial charge in [-0.3, -0.25) is 0 Å². The van der Waals surface area contributed by atoms with Gasteiger partial charge in [-0.2, -0.15) is 0 Å². The highest BCUT2D eigenvalue weighted by Crippen LogP contribution is 2.74. The quantitative estimate of drug-likeness (QED) is 0.800. The Morgan fingerprint density at radius 1 is 1.24 bits per heavy atom. The van der Waals surface area contributed by atoms with E-state index in [1.165, 1.54) is 5.56 Å². The summed E-state index contributed by atoms with van der Waals surface area (Å²) in [5.74, 6) is 0.115. The summed E-state index contributed by atoms with van der Waals surface area (Å²) in [7, 11) is 1.95. The molecule has 0 radical (unpaired) electrons. The average Bonchev–Trinajstić information content (AvgIpc) is 2.07. The Morgan fingerprint density at radius 3 is 2.41 bits per heavy atom. The number of rotatable bonds is 3. The van der Waals surface area contributed by atoms with E-state index in [9.17, 15) is 8.42 Å². The van der Waals surface area contributed by atoms with E-state index in [2.05, 4.69) is 6.07 Å². The fraction of sp³-hybridized carbons (Fsp3) is 0.500. The van der Waals surface area contributed by atoms with Crippen molar-refractivity contribution >= 4 is 31.3 Å². The van der Waals surface area contributed by atoms with E-state index in [0.717, 1.165) is 24.3 Å². The molecule has 0 spiro atoms. The minimum Gasteiger partial charge on any atom is -0.212 e. The van der Waals surface area contributed by atoms with Crippen LogP contribution in [0.4, 0.5) is 0 Å². The Kier molecular flexibility index (Phi) is 2.36. The van der Waals surface area contributed by atoms with Crippen molar-refractivity contribution in [1.29, 1.82) is 0 Å². The highest BCUT2D eigenvalue weighted by molar-refractivity contribution is 8.13. The largest absolute Gasteiger partial charge is 0.233 e. The molecule has 0 heterocycles. The van der Waals surface area contributed by atoms with Crippen molar-refractivity contribution in [2.75, 3.05) is 5.75 Å². The van der Waals surface area contributed by atoms with E-state index in [0.29, 0.717) is 0 Å². The zero-order valence-electron chi connectivity index (χ0n) is 9.12. The monoisotopic (exact) mass is 290 g/mol. The van der Waals surface area contributed by atoms with Crippen molar-refractivity contribution in [2.45, 2.75) is 24.7 Å². The molecule has 3 aliphatic carbocycles. The molecule has 17 heavy (non-hydrogen) atoms. The Hall–Kier alpha value is -0.250. The third-order valence-electron chi connectivity index (χ3n) is 4.06. The lowest BCUT2D eigenvalue weighted by atomic mass is 9.34. The number of halogens is 2. The average molecular weight is 291 g/mol. The normalized spacial score (nSPS) is 34.9. The molecule has 0 atom stereocenters. The zero-order valence-corrected chi connectivity index (χ0v) is 11.4. The standard InChI is InChI=1S/C12H12Cl2O2S/c13-10-3-1-2-9(4-10)12-5-11(6-12,7-12)8-17(14,15)16/h1-4H,5-8H2. The van der Waals surface area contributed by atoms with E-state index in [4.69, 9.17) is 22.3 Å². The molecule has 3 saturated carbocycles. The molecule has 1 aromatic carbocycles. The van der Waals surface area contributed by atoms with Crippen molar-refractivity contribution in [3.63, 3.8) is 0 Å². The van der Waals surface area contributed by atoms with Gasteiger partial charge in [0.05, 0.1) is 5.75 Å². The Balaban J connectivity index is 1.77. The molecule has 0 unspecified atom stereocenters. The van der Waals surface area contributed by atoms with Crippen LogP contribution in [0.2, 0.25) is 5.02 Å². The van der Waals surface area contributed by atoms with Gasteiger partial charge in [0.2, 0.25) is 9.05 Å². The van der Waals surface area contributed by atoms with Crippen molar-refractivity contribution in [3.05, 3.63) is 34.9 Å². The molecule has 2 nitrogen and oxygen atoms in total. The molecule has 0 aliphatic heterocycles. The molecule has 4 rings (SSSR count). The summed E-state index contributed by atoms with van der Waals surface area (Å²) in [6.07, 6.45) is 2.77. The lowest BCUT2D eigenvalue weighted by Crippen LogP contribution is -2.66. The van der Waals surface area contributed by atoms with E-state index in [1.807, 2.05) is 18.2 Å². The minimum absolute atomic E-state index is 0.0527. The first kappa shape index (κ1) is 11.8. The fourth-order valence-corrected chi connectivity index (χ4v) is 5.56. The van der Waals surface area contributed by atoms with Crippen LogP contribution in [0.3, 0.4) is 0 Å². The van der Waals surface area contributed by atoms with Crippen LogP contribution < -0.4 is 0 Å². The lowest BCUT2D eigenvalue weighted by molar-refractivity contribution is -0.122. The summed E-state index contributed by atoms with van der Waals surface area (Å²) in [6, 6.07) is 7.86. The van der Waals surface area contributed by atoms with Gasteiger partial charge in [-0.25, -0.2) is 8.42 Å². The first-order chi connectivity index (χ1) is 7.83. The highest BCUT2D eigenvalue weighted by Gasteiger charge is 2.68. The molecular formula is C12H12Cl2O2S. The maximum Gasteiger partial charge on any atom is 0.233 e. The van der Waals surface area contributed by atoms with Crippen LogP contribution in [-0.4, -0.2) is 14.2 Å². The molecule has 0 aromatic heterocycles. The minimum atomic E-state index is -3.38. The summed E-state index contributed by atoms with van der Waals surface area (Å²) in [6.45, 7) is 0. The van der Waals surface area contributed by atoms with E-state index < -0.39 is 9.05 Å². The molecule has 3 aliphatic rings. The van der Waals surface area contributed by atoms with E-state index in [1.54, 1.807) is 0 Å². The van der Waals surface area contributed by atoms with Gasteiger partial charge in [0.1, 0.15) is 0 Å². The van der Waals surface area contributed by atoms with Crippen LogP contribution in [0.1, 0.15) is 24.8 Å². The van der Waals surface area contributed by atoms with Gasteiger partial charge >= 0.3 is 0 Å².